The third-order valence-corrected chi connectivity index (χ3v) is 12.5. The van der Waals surface area contributed by atoms with Gasteiger partial charge in [0, 0.05) is 44.0 Å². The molecule has 11 aromatic rings. The van der Waals surface area contributed by atoms with Crippen molar-refractivity contribution in [1.29, 1.82) is 0 Å². The summed E-state index contributed by atoms with van der Waals surface area (Å²) in [6.45, 7) is 8.66. The first-order valence-corrected chi connectivity index (χ1v) is 19.0. The van der Waals surface area contributed by atoms with E-state index >= 15 is 0 Å². The van der Waals surface area contributed by atoms with Crippen LogP contribution in [0.5, 0.6) is 0 Å². The van der Waals surface area contributed by atoms with E-state index < -0.39 is 0 Å². The molecule has 2 aliphatic rings. The summed E-state index contributed by atoms with van der Waals surface area (Å²) in [5.41, 5.74) is 20.3. The Bertz CT molecular complexity index is 3290. The quantitative estimate of drug-likeness (QED) is 0.168. The van der Waals surface area contributed by atoms with Crippen molar-refractivity contribution in [3.8, 4) is 34.2 Å². The molecule has 6 nitrogen and oxygen atoms in total. The molecule has 0 atom stereocenters. The average Bonchev–Trinajstić information content (AvgIpc) is 3.96. The number of aryl methyl sites for hydroxylation is 4. The molecule has 2 aliphatic heterocycles. The van der Waals surface area contributed by atoms with Crippen molar-refractivity contribution in [2.45, 2.75) is 27.7 Å². The summed E-state index contributed by atoms with van der Waals surface area (Å²) < 4.78 is 18.3. The van der Waals surface area contributed by atoms with Gasteiger partial charge in [0.15, 0.2) is 11.2 Å². The van der Waals surface area contributed by atoms with Crippen molar-refractivity contribution in [1.82, 2.24) is 19.1 Å². The van der Waals surface area contributed by atoms with Crippen LogP contribution in [0, 0.1) is 27.7 Å². The van der Waals surface area contributed by atoms with Gasteiger partial charge in [0.2, 0.25) is 0 Å². The summed E-state index contributed by atoms with van der Waals surface area (Å²) in [6.07, 6.45) is 0. The van der Waals surface area contributed by atoms with Crippen molar-refractivity contribution in [2.75, 3.05) is 0 Å². The Balaban J connectivity index is 1.27. The molecule has 6 heterocycles. The number of hydrogen-bond acceptors (Lipinski definition) is 4. The second kappa shape index (κ2) is 10.0. The van der Waals surface area contributed by atoms with Gasteiger partial charge in [-0.05, 0) is 90.6 Å². The van der Waals surface area contributed by atoms with Gasteiger partial charge in [0.1, 0.15) is 33.8 Å². The molecule has 0 amide bonds. The van der Waals surface area contributed by atoms with E-state index in [0.717, 1.165) is 100 Å². The molecule has 0 N–H and O–H groups in total. The van der Waals surface area contributed by atoms with Crippen LogP contribution in [-0.2, 0) is 0 Å². The van der Waals surface area contributed by atoms with E-state index in [-0.39, 0.29) is 6.71 Å². The van der Waals surface area contributed by atoms with E-state index in [1.54, 1.807) is 0 Å². The van der Waals surface area contributed by atoms with E-state index in [1.807, 2.05) is 12.1 Å². The lowest BCUT2D eigenvalue weighted by Crippen LogP contribution is -2.59. The van der Waals surface area contributed by atoms with Gasteiger partial charge in [-0.25, -0.2) is 9.97 Å². The highest BCUT2D eigenvalue weighted by atomic mass is 16.3. The fourth-order valence-corrected chi connectivity index (χ4v) is 10.2. The topological polar surface area (TPSA) is 61.9 Å². The molecule has 7 aromatic carbocycles. The molecule has 4 aromatic heterocycles. The van der Waals surface area contributed by atoms with Crippen molar-refractivity contribution in [3.05, 3.63) is 138 Å². The number of rotatable bonds is 2. The van der Waals surface area contributed by atoms with Gasteiger partial charge in [0.05, 0.1) is 11.0 Å². The Morgan fingerprint density at radius 1 is 0.473 bits per heavy atom. The standard InChI is InChI=1S/C48H31BN4O2/c1-24-12-9-13-25(2)38(24)47-50-41-43-32(22-30-28-16-5-7-20-36(28)54-45(30)41)49-33-23-31-29-17-6-8-21-37(29)55-46(31)42-44(33)53(35-19-11-18-34(40(35)49)52(43)47)48(51-42)39-26(3)14-10-15-27(39)4/h5-23H,1-4H3. The van der Waals surface area contributed by atoms with E-state index in [1.165, 1.54) is 38.6 Å². The first kappa shape index (κ1) is 29.6. The minimum atomic E-state index is -0.0997. The lowest BCUT2D eigenvalue weighted by Gasteiger charge is -2.33. The SMILES string of the molecule is Cc1cccc(C)c1-c1nc2c3oc4ccccc4c3cc3c2n1-c1cccc2c1B3c1cc3c4ccccc4oc3c3nc(-c4c(C)cccc4C)n-2c13. The fraction of sp³-hybridized carbons (Fsp3) is 0.0833. The largest absolute Gasteiger partial charge is 0.454 e. The zero-order valence-electron chi connectivity index (χ0n) is 30.7. The van der Waals surface area contributed by atoms with E-state index in [4.69, 9.17) is 18.8 Å². The lowest BCUT2D eigenvalue weighted by atomic mass is 9.34. The van der Waals surface area contributed by atoms with Gasteiger partial charge in [-0.3, -0.25) is 9.13 Å². The first-order valence-electron chi connectivity index (χ1n) is 19.0. The Hall–Kier alpha value is -6.86. The molecular weight excluding hydrogens is 675 g/mol. The molecule has 258 valence electrons. The minimum Gasteiger partial charge on any atom is -0.454 e. The highest BCUT2D eigenvalue weighted by Crippen LogP contribution is 2.44. The zero-order valence-corrected chi connectivity index (χ0v) is 30.7. The van der Waals surface area contributed by atoms with Crippen molar-refractivity contribution in [3.63, 3.8) is 0 Å². The number of furan rings is 2. The average molecular weight is 707 g/mol. The van der Waals surface area contributed by atoms with Gasteiger partial charge in [-0.1, -0.05) is 91.0 Å². The molecule has 0 saturated carbocycles. The number of para-hydroxylation sites is 2. The molecule has 0 unspecified atom stereocenters. The highest BCUT2D eigenvalue weighted by Gasteiger charge is 2.43. The fourth-order valence-electron chi connectivity index (χ4n) is 10.2. The van der Waals surface area contributed by atoms with E-state index in [9.17, 15) is 0 Å². The maximum absolute atomic E-state index is 6.73. The molecule has 0 aliphatic carbocycles. The summed E-state index contributed by atoms with van der Waals surface area (Å²) in [7, 11) is 0. The molecule has 13 rings (SSSR count). The molecule has 0 bridgehead atoms. The Labute approximate surface area is 315 Å². The Kier molecular flexibility index (Phi) is 5.38. The number of nitrogens with zero attached hydrogens (tertiary/aromatic N) is 4. The second-order valence-corrected chi connectivity index (χ2v) is 15.5. The normalized spacial score (nSPS) is 13.1. The summed E-state index contributed by atoms with van der Waals surface area (Å²) in [6, 6.07) is 41.3. The monoisotopic (exact) mass is 706 g/mol. The molecular formula is C48H31BN4O2. The number of aromatic nitrogens is 4. The van der Waals surface area contributed by atoms with E-state index in [0.29, 0.717) is 0 Å². The number of fused-ring (bicyclic) bond motifs is 12. The van der Waals surface area contributed by atoms with Crippen LogP contribution in [-0.4, -0.2) is 25.8 Å². The molecule has 55 heavy (non-hydrogen) atoms. The summed E-state index contributed by atoms with van der Waals surface area (Å²) in [4.78, 5) is 11.2. The molecule has 0 radical (unpaired) electrons. The molecule has 7 heteroatoms. The van der Waals surface area contributed by atoms with Gasteiger partial charge >= 0.3 is 0 Å². The maximum atomic E-state index is 6.73. The van der Waals surface area contributed by atoms with E-state index in [2.05, 4.69) is 140 Å². The van der Waals surface area contributed by atoms with Crippen LogP contribution >= 0.6 is 0 Å². The number of imidazole rings is 2. The van der Waals surface area contributed by atoms with Gasteiger partial charge in [-0.15, -0.1) is 0 Å². The summed E-state index contributed by atoms with van der Waals surface area (Å²) in [5, 5.41) is 4.35. The van der Waals surface area contributed by atoms with Crippen LogP contribution in [0.15, 0.2) is 124 Å². The van der Waals surface area contributed by atoms with Crippen molar-refractivity contribution in [2.24, 2.45) is 0 Å². The predicted molar refractivity (Wildman–Crippen MR) is 225 cm³/mol. The van der Waals surface area contributed by atoms with Crippen LogP contribution in [0.3, 0.4) is 0 Å². The summed E-state index contributed by atoms with van der Waals surface area (Å²) >= 11 is 0. The van der Waals surface area contributed by atoms with Crippen LogP contribution in [0.2, 0.25) is 0 Å². The third-order valence-electron chi connectivity index (χ3n) is 12.5. The number of hydrogen-bond donors (Lipinski definition) is 0. The smallest absolute Gasteiger partial charge is 0.252 e. The van der Waals surface area contributed by atoms with Crippen LogP contribution in [0.4, 0.5) is 0 Å². The van der Waals surface area contributed by atoms with Gasteiger partial charge < -0.3 is 8.83 Å². The van der Waals surface area contributed by atoms with Crippen LogP contribution < -0.4 is 16.4 Å². The molecule has 0 fully saturated rings. The Morgan fingerprint density at radius 2 is 0.891 bits per heavy atom. The highest BCUT2D eigenvalue weighted by molar-refractivity contribution is 7.00. The second-order valence-electron chi connectivity index (χ2n) is 15.5. The van der Waals surface area contributed by atoms with Crippen molar-refractivity contribution < 1.29 is 8.83 Å². The zero-order chi connectivity index (χ0) is 36.4. The van der Waals surface area contributed by atoms with Crippen LogP contribution in [0.1, 0.15) is 22.3 Å². The first-order chi connectivity index (χ1) is 27.0. The minimum absolute atomic E-state index is 0.0997. The molecule has 0 saturated heterocycles. The van der Waals surface area contributed by atoms with Gasteiger partial charge in [0.25, 0.3) is 6.71 Å². The van der Waals surface area contributed by atoms with Crippen molar-refractivity contribution >= 4 is 89.0 Å². The van der Waals surface area contributed by atoms with Crippen LogP contribution in [0.25, 0.3) is 100 Å². The van der Waals surface area contributed by atoms with Gasteiger partial charge in [-0.2, -0.15) is 0 Å². The lowest BCUT2D eigenvalue weighted by molar-refractivity contribution is 0.671. The Morgan fingerprint density at radius 3 is 1.35 bits per heavy atom. The molecule has 0 spiro atoms. The predicted octanol–water partition coefficient (Wildman–Crippen LogP) is 9.87. The summed E-state index contributed by atoms with van der Waals surface area (Å²) in [5.74, 6) is 1.86. The maximum Gasteiger partial charge on any atom is 0.252 e. The number of benzene rings is 7. The third kappa shape index (κ3) is 3.52.